The number of hydrogen-bond donors (Lipinski definition) is 0. The highest BCUT2D eigenvalue weighted by atomic mass is 16.2. The third-order valence-electron chi connectivity index (χ3n) is 6.60. The minimum absolute atomic E-state index is 0.153. The second kappa shape index (κ2) is 9.28. The third kappa shape index (κ3) is 4.48. The van der Waals surface area contributed by atoms with Crippen LogP contribution in [0.1, 0.15) is 25.3 Å². The lowest BCUT2D eigenvalue weighted by atomic mass is 10.2. The van der Waals surface area contributed by atoms with Gasteiger partial charge in [0, 0.05) is 45.0 Å². The number of imide groups is 1. The average Bonchev–Trinajstić information content (AvgIpc) is 3.39. The molecule has 9 nitrogen and oxygen atoms in total. The van der Waals surface area contributed by atoms with E-state index in [1.165, 1.54) is 4.90 Å². The molecule has 3 aliphatic heterocycles. The first-order chi connectivity index (χ1) is 15.3. The largest absolute Gasteiger partial charge is 0.342 e. The number of hydrogen-bond acceptors (Lipinski definition) is 5. The smallest absolute Gasteiger partial charge is 0.332 e. The molecule has 32 heavy (non-hydrogen) atoms. The Morgan fingerprint density at radius 2 is 1.41 bits per heavy atom. The van der Waals surface area contributed by atoms with Crippen LogP contribution in [-0.4, -0.2) is 102 Å². The van der Waals surface area contributed by atoms with E-state index >= 15 is 0 Å². The van der Waals surface area contributed by atoms with Crippen molar-refractivity contribution in [2.45, 2.75) is 32.7 Å². The van der Waals surface area contributed by atoms with Crippen LogP contribution in [0.5, 0.6) is 0 Å². The highest BCUT2D eigenvalue weighted by molar-refractivity contribution is 6.15. The van der Waals surface area contributed by atoms with Crippen molar-refractivity contribution < 1.29 is 19.2 Å². The second-order valence-electron chi connectivity index (χ2n) is 8.83. The molecule has 0 unspecified atom stereocenters. The van der Waals surface area contributed by atoms with E-state index in [1.807, 2.05) is 36.1 Å². The Bertz CT molecular complexity index is 888. The Labute approximate surface area is 188 Å². The molecule has 4 rings (SSSR count). The number of carbonyl (C=O) groups excluding carboxylic acids is 4. The maximum absolute atomic E-state index is 12.9. The summed E-state index contributed by atoms with van der Waals surface area (Å²) in [7, 11) is 0. The third-order valence-corrected chi connectivity index (χ3v) is 6.60. The zero-order valence-electron chi connectivity index (χ0n) is 18.8. The van der Waals surface area contributed by atoms with Gasteiger partial charge in [-0.2, -0.15) is 0 Å². The lowest BCUT2D eigenvalue weighted by molar-refractivity contribution is -0.139. The van der Waals surface area contributed by atoms with Crippen LogP contribution in [0, 0.1) is 6.92 Å². The Hall–Kier alpha value is -2.94. The van der Waals surface area contributed by atoms with Crippen molar-refractivity contribution in [3.8, 4) is 0 Å². The Kier molecular flexibility index (Phi) is 6.45. The van der Waals surface area contributed by atoms with Gasteiger partial charge in [-0.25, -0.2) is 4.79 Å². The lowest BCUT2D eigenvalue weighted by Gasteiger charge is -2.35. The molecule has 0 aliphatic carbocycles. The molecule has 3 aliphatic rings. The van der Waals surface area contributed by atoms with Crippen molar-refractivity contribution in [1.82, 2.24) is 19.6 Å². The molecule has 0 radical (unpaired) electrons. The molecule has 1 aromatic rings. The number of anilines is 1. The van der Waals surface area contributed by atoms with Gasteiger partial charge in [0.25, 0.3) is 5.91 Å². The van der Waals surface area contributed by atoms with Gasteiger partial charge in [0.1, 0.15) is 12.6 Å². The van der Waals surface area contributed by atoms with Crippen LogP contribution in [-0.2, 0) is 14.4 Å². The van der Waals surface area contributed by atoms with Gasteiger partial charge in [-0.1, -0.05) is 17.7 Å². The number of amides is 5. The SMILES string of the molecule is Cc1ccc(N2C(=O)N(CC(=O)N3CCN(CC(=O)N4CCCC4)CC3)C(=O)[C@@H]2C)cc1. The molecular weight excluding hydrogens is 410 g/mol. The van der Waals surface area contributed by atoms with Crippen molar-refractivity contribution in [1.29, 1.82) is 0 Å². The molecule has 0 bridgehead atoms. The molecular formula is C23H31N5O4. The molecule has 0 N–H and O–H groups in total. The van der Waals surface area contributed by atoms with Gasteiger partial charge >= 0.3 is 6.03 Å². The molecule has 1 aromatic carbocycles. The first-order valence-electron chi connectivity index (χ1n) is 11.3. The first kappa shape index (κ1) is 22.3. The van der Waals surface area contributed by atoms with Crippen molar-refractivity contribution in [2.24, 2.45) is 0 Å². The number of piperazine rings is 1. The van der Waals surface area contributed by atoms with Gasteiger partial charge in [0.15, 0.2) is 0 Å². The topological polar surface area (TPSA) is 84.5 Å². The molecule has 3 fully saturated rings. The van der Waals surface area contributed by atoms with Gasteiger partial charge in [0.2, 0.25) is 11.8 Å². The standard InChI is InChI=1S/C23H31N5O4/c1-17-5-7-19(8-6-17)28-18(2)22(31)27(23(28)32)16-21(30)26-13-11-24(12-14-26)15-20(29)25-9-3-4-10-25/h5-8,18H,3-4,9-16H2,1-2H3/t18-/m0/s1. The van der Waals surface area contributed by atoms with Crippen LogP contribution in [0.3, 0.4) is 0 Å². The normalized spacial score (nSPS) is 22.2. The molecule has 1 atom stereocenters. The fraction of sp³-hybridized carbons (Fsp3) is 0.565. The molecule has 5 amide bonds. The van der Waals surface area contributed by atoms with E-state index in [0.29, 0.717) is 38.4 Å². The summed E-state index contributed by atoms with van der Waals surface area (Å²) in [5.74, 6) is -0.449. The molecule has 0 saturated carbocycles. The van der Waals surface area contributed by atoms with Crippen LogP contribution in [0.25, 0.3) is 0 Å². The zero-order valence-corrected chi connectivity index (χ0v) is 18.8. The van der Waals surface area contributed by atoms with E-state index in [2.05, 4.69) is 4.90 Å². The van der Waals surface area contributed by atoms with Crippen LogP contribution < -0.4 is 4.90 Å². The van der Waals surface area contributed by atoms with Gasteiger partial charge in [0.05, 0.1) is 6.54 Å². The summed E-state index contributed by atoms with van der Waals surface area (Å²) in [6.45, 7) is 7.64. The van der Waals surface area contributed by atoms with Crippen LogP contribution in [0.15, 0.2) is 24.3 Å². The number of urea groups is 1. The summed E-state index contributed by atoms with van der Waals surface area (Å²) in [6, 6.07) is 6.29. The maximum atomic E-state index is 12.9. The minimum atomic E-state index is -0.647. The van der Waals surface area contributed by atoms with Crippen molar-refractivity contribution in [3.63, 3.8) is 0 Å². The second-order valence-corrected chi connectivity index (χ2v) is 8.83. The van der Waals surface area contributed by atoms with Crippen molar-refractivity contribution in [3.05, 3.63) is 29.8 Å². The fourth-order valence-electron chi connectivity index (χ4n) is 4.56. The summed E-state index contributed by atoms with van der Waals surface area (Å²) < 4.78 is 0. The first-order valence-corrected chi connectivity index (χ1v) is 11.3. The van der Waals surface area contributed by atoms with Crippen LogP contribution >= 0.6 is 0 Å². The average molecular weight is 442 g/mol. The number of nitrogens with zero attached hydrogens (tertiary/aromatic N) is 5. The van der Waals surface area contributed by atoms with Gasteiger partial charge in [-0.3, -0.25) is 29.1 Å². The summed E-state index contributed by atoms with van der Waals surface area (Å²) in [5.41, 5.74) is 1.71. The van der Waals surface area contributed by atoms with Crippen LogP contribution in [0.4, 0.5) is 10.5 Å². The molecule has 0 spiro atoms. The summed E-state index contributed by atoms with van der Waals surface area (Å²) in [5, 5.41) is 0. The van der Waals surface area contributed by atoms with E-state index in [9.17, 15) is 19.2 Å². The zero-order chi connectivity index (χ0) is 22.8. The molecule has 3 saturated heterocycles. The summed E-state index contributed by atoms with van der Waals surface area (Å²) in [6.07, 6.45) is 2.14. The monoisotopic (exact) mass is 441 g/mol. The van der Waals surface area contributed by atoms with Crippen LogP contribution in [0.2, 0.25) is 0 Å². The number of likely N-dealkylation sites (tertiary alicyclic amines) is 1. The van der Waals surface area contributed by atoms with E-state index in [1.54, 1.807) is 11.8 Å². The number of benzene rings is 1. The van der Waals surface area contributed by atoms with E-state index < -0.39 is 12.1 Å². The van der Waals surface area contributed by atoms with E-state index in [0.717, 1.165) is 36.4 Å². The van der Waals surface area contributed by atoms with Crippen molar-refractivity contribution in [2.75, 3.05) is 57.3 Å². The quantitative estimate of drug-likeness (QED) is 0.635. The minimum Gasteiger partial charge on any atom is -0.342 e. The van der Waals surface area contributed by atoms with Gasteiger partial charge < -0.3 is 9.80 Å². The number of rotatable bonds is 5. The highest BCUT2D eigenvalue weighted by Gasteiger charge is 2.44. The van der Waals surface area contributed by atoms with E-state index in [-0.39, 0.29) is 24.3 Å². The Balaban J connectivity index is 1.31. The maximum Gasteiger partial charge on any atom is 0.332 e. The van der Waals surface area contributed by atoms with E-state index in [4.69, 9.17) is 0 Å². The Morgan fingerprint density at radius 1 is 0.844 bits per heavy atom. The lowest BCUT2D eigenvalue weighted by Crippen LogP contribution is -2.53. The van der Waals surface area contributed by atoms with Crippen molar-refractivity contribution >= 4 is 29.4 Å². The Morgan fingerprint density at radius 3 is 2.03 bits per heavy atom. The highest BCUT2D eigenvalue weighted by Crippen LogP contribution is 2.26. The predicted molar refractivity (Wildman–Crippen MR) is 119 cm³/mol. The van der Waals surface area contributed by atoms with Gasteiger partial charge in [-0.05, 0) is 38.8 Å². The number of aryl methyl sites for hydroxylation is 1. The predicted octanol–water partition coefficient (Wildman–Crippen LogP) is 0.919. The summed E-state index contributed by atoms with van der Waals surface area (Å²) >= 11 is 0. The van der Waals surface area contributed by atoms with Gasteiger partial charge in [-0.15, -0.1) is 0 Å². The summed E-state index contributed by atoms with van der Waals surface area (Å²) in [4.78, 5) is 59.0. The number of carbonyl (C=O) groups is 4. The molecule has 0 aromatic heterocycles. The molecule has 172 valence electrons. The molecule has 9 heteroatoms. The molecule has 3 heterocycles. The fourth-order valence-corrected chi connectivity index (χ4v) is 4.56.